The van der Waals surface area contributed by atoms with Crippen molar-refractivity contribution >= 4 is 5.97 Å². The molecule has 0 aromatic carbocycles. The van der Waals surface area contributed by atoms with Crippen molar-refractivity contribution in [1.82, 2.24) is 9.55 Å². The van der Waals surface area contributed by atoms with Crippen LogP contribution in [0.1, 0.15) is 36.8 Å². The van der Waals surface area contributed by atoms with Crippen molar-refractivity contribution in [1.29, 1.82) is 0 Å². The van der Waals surface area contributed by atoms with E-state index in [-0.39, 0.29) is 11.2 Å². The third kappa shape index (κ3) is 1.52. The van der Waals surface area contributed by atoms with Crippen LogP contribution in [0.5, 0.6) is 0 Å². The van der Waals surface area contributed by atoms with E-state index in [4.69, 9.17) is 5.11 Å². The highest BCUT2D eigenvalue weighted by Gasteiger charge is 2.32. The van der Waals surface area contributed by atoms with Crippen molar-refractivity contribution in [3.63, 3.8) is 0 Å². The number of imidazole rings is 1. The number of aromatic nitrogens is 2. The minimum Gasteiger partial charge on any atom is -0.475 e. The van der Waals surface area contributed by atoms with Crippen molar-refractivity contribution in [2.45, 2.75) is 32.7 Å². The molecular formula is C10H14N2O2. The van der Waals surface area contributed by atoms with Crippen LogP contribution in [0, 0.1) is 5.41 Å². The third-order valence-electron chi connectivity index (χ3n) is 3.02. The van der Waals surface area contributed by atoms with Gasteiger partial charge in [-0.25, -0.2) is 9.78 Å². The average Bonchev–Trinajstić information content (AvgIpc) is 2.49. The normalized spacial score (nSPS) is 18.9. The Balaban J connectivity index is 2.16. The van der Waals surface area contributed by atoms with Crippen LogP contribution in [-0.4, -0.2) is 20.6 Å². The van der Waals surface area contributed by atoms with Gasteiger partial charge in [0.1, 0.15) is 0 Å². The van der Waals surface area contributed by atoms with Gasteiger partial charge in [-0.15, -0.1) is 0 Å². The van der Waals surface area contributed by atoms with E-state index in [0.29, 0.717) is 0 Å². The van der Waals surface area contributed by atoms with Crippen LogP contribution in [0.25, 0.3) is 0 Å². The summed E-state index contributed by atoms with van der Waals surface area (Å²) in [6.07, 6.45) is 6.92. The molecular weight excluding hydrogens is 180 g/mol. The van der Waals surface area contributed by atoms with Crippen molar-refractivity contribution < 1.29 is 9.90 Å². The highest BCUT2D eigenvalue weighted by atomic mass is 16.4. The summed E-state index contributed by atoms with van der Waals surface area (Å²) in [5.74, 6) is -0.795. The van der Waals surface area contributed by atoms with Crippen molar-refractivity contribution in [3.8, 4) is 0 Å². The van der Waals surface area contributed by atoms with E-state index < -0.39 is 5.97 Å². The molecule has 1 saturated carbocycles. The lowest BCUT2D eigenvalue weighted by atomic mass is 9.70. The molecule has 1 heterocycles. The van der Waals surface area contributed by atoms with Crippen molar-refractivity contribution in [3.05, 3.63) is 18.2 Å². The molecule has 1 aromatic heterocycles. The SMILES string of the molecule is CC1(Cn2ccnc2C(=O)O)CCC1. The molecule has 4 nitrogen and oxygen atoms in total. The van der Waals surface area contributed by atoms with E-state index in [1.54, 1.807) is 17.0 Å². The largest absolute Gasteiger partial charge is 0.475 e. The molecule has 0 unspecified atom stereocenters. The van der Waals surface area contributed by atoms with Gasteiger partial charge in [-0.2, -0.15) is 0 Å². The zero-order valence-corrected chi connectivity index (χ0v) is 8.23. The second-order valence-electron chi connectivity index (χ2n) is 4.35. The molecule has 1 aliphatic carbocycles. The van der Waals surface area contributed by atoms with Crippen LogP contribution >= 0.6 is 0 Å². The molecule has 0 radical (unpaired) electrons. The fourth-order valence-electron chi connectivity index (χ4n) is 1.98. The average molecular weight is 194 g/mol. The minimum atomic E-state index is -0.946. The first kappa shape index (κ1) is 9.24. The summed E-state index contributed by atoms with van der Waals surface area (Å²) in [5.41, 5.74) is 0.283. The Morgan fingerprint density at radius 1 is 1.71 bits per heavy atom. The Morgan fingerprint density at radius 2 is 2.43 bits per heavy atom. The van der Waals surface area contributed by atoms with E-state index in [9.17, 15) is 4.79 Å². The Hall–Kier alpha value is -1.32. The Kier molecular flexibility index (Phi) is 2.06. The van der Waals surface area contributed by atoms with E-state index in [0.717, 1.165) is 6.54 Å². The quantitative estimate of drug-likeness (QED) is 0.797. The van der Waals surface area contributed by atoms with Gasteiger partial charge < -0.3 is 9.67 Å². The van der Waals surface area contributed by atoms with Crippen LogP contribution in [0.2, 0.25) is 0 Å². The Bertz CT molecular complexity index is 353. The van der Waals surface area contributed by atoms with Gasteiger partial charge in [0.2, 0.25) is 5.82 Å². The fourth-order valence-corrected chi connectivity index (χ4v) is 1.98. The minimum absolute atomic E-state index is 0.151. The molecule has 4 heteroatoms. The monoisotopic (exact) mass is 194 g/mol. The van der Waals surface area contributed by atoms with Gasteiger partial charge in [0.05, 0.1) is 0 Å². The summed E-state index contributed by atoms with van der Waals surface area (Å²) in [6, 6.07) is 0. The first-order valence-electron chi connectivity index (χ1n) is 4.85. The zero-order chi connectivity index (χ0) is 10.2. The Morgan fingerprint density at radius 3 is 2.93 bits per heavy atom. The molecule has 76 valence electrons. The van der Waals surface area contributed by atoms with E-state index >= 15 is 0 Å². The summed E-state index contributed by atoms with van der Waals surface area (Å²) in [4.78, 5) is 14.6. The standard InChI is InChI=1S/C10H14N2O2/c1-10(3-2-4-10)7-12-6-5-11-8(12)9(13)14/h5-6H,2-4,7H2,1H3,(H,13,14). The molecule has 0 spiro atoms. The molecule has 0 amide bonds. The third-order valence-corrected chi connectivity index (χ3v) is 3.02. The maximum absolute atomic E-state index is 10.8. The molecule has 0 saturated heterocycles. The number of nitrogens with zero attached hydrogens (tertiary/aromatic N) is 2. The van der Waals surface area contributed by atoms with Gasteiger partial charge in [-0.3, -0.25) is 0 Å². The summed E-state index contributed by atoms with van der Waals surface area (Å²) in [5, 5.41) is 8.86. The summed E-state index contributed by atoms with van der Waals surface area (Å²) >= 11 is 0. The lowest BCUT2D eigenvalue weighted by molar-refractivity contribution is 0.0665. The van der Waals surface area contributed by atoms with E-state index in [1.165, 1.54) is 19.3 Å². The van der Waals surface area contributed by atoms with Crippen LogP contribution in [-0.2, 0) is 6.54 Å². The van der Waals surface area contributed by atoms with Gasteiger partial charge in [-0.05, 0) is 18.3 Å². The molecule has 1 fully saturated rings. The molecule has 1 N–H and O–H groups in total. The maximum Gasteiger partial charge on any atom is 0.372 e. The molecule has 14 heavy (non-hydrogen) atoms. The number of carboxylic acids is 1. The summed E-state index contributed by atoms with van der Waals surface area (Å²) in [7, 11) is 0. The molecule has 1 aliphatic rings. The zero-order valence-electron chi connectivity index (χ0n) is 8.23. The lowest BCUT2D eigenvalue weighted by Gasteiger charge is -2.38. The van der Waals surface area contributed by atoms with E-state index in [1.807, 2.05) is 0 Å². The van der Waals surface area contributed by atoms with Gasteiger partial charge in [0.25, 0.3) is 0 Å². The second-order valence-corrected chi connectivity index (χ2v) is 4.35. The number of carboxylic acid groups (broad SMARTS) is 1. The maximum atomic E-state index is 10.8. The van der Waals surface area contributed by atoms with Gasteiger partial charge in [0.15, 0.2) is 0 Å². The first-order valence-corrected chi connectivity index (χ1v) is 4.85. The van der Waals surface area contributed by atoms with Gasteiger partial charge in [-0.1, -0.05) is 13.3 Å². The highest BCUT2D eigenvalue weighted by molar-refractivity contribution is 5.83. The van der Waals surface area contributed by atoms with E-state index in [2.05, 4.69) is 11.9 Å². The fraction of sp³-hybridized carbons (Fsp3) is 0.600. The highest BCUT2D eigenvalue weighted by Crippen LogP contribution is 2.41. The summed E-state index contributed by atoms with van der Waals surface area (Å²) in [6.45, 7) is 2.97. The van der Waals surface area contributed by atoms with Crippen LogP contribution in [0.15, 0.2) is 12.4 Å². The molecule has 2 rings (SSSR count). The summed E-state index contributed by atoms with van der Waals surface area (Å²) < 4.78 is 1.74. The molecule has 0 atom stereocenters. The second kappa shape index (κ2) is 3.12. The first-order chi connectivity index (χ1) is 6.61. The number of rotatable bonds is 3. The number of hydrogen-bond donors (Lipinski definition) is 1. The molecule has 1 aromatic rings. The van der Waals surface area contributed by atoms with Crippen molar-refractivity contribution in [2.75, 3.05) is 0 Å². The molecule has 0 bridgehead atoms. The number of hydrogen-bond acceptors (Lipinski definition) is 2. The smallest absolute Gasteiger partial charge is 0.372 e. The van der Waals surface area contributed by atoms with Gasteiger partial charge in [0, 0.05) is 18.9 Å². The number of carbonyl (C=O) groups is 1. The topological polar surface area (TPSA) is 55.1 Å². The number of aromatic carboxylic acids is 1. The van der Waals surface area contributed by atoms with Gasteiger partial charge >= 0.3 is 5.97 Å². The predicted octanol–water partition coefficient (Wildman–Crippen LogP) is 1.77. The van der Waals surface area contributed by atoms with Crippen LogP contribution in [0.4, 0.5) is 0 Å². The van der Waals surface area contributed by atoms with Crippen LogP contribution in [0.3, 0.4) is 0 Å². The van der Waals surface area contributed by atoms with Crippen molar-refractivity contribution in [2.24, 2.45) is 5.41 Å². The lowest BCUT2D eigenvalue weighted by Crippen LogP contribution is -2.31. The molecule has 0 aliphatic heterocycles. The van der Waals surface area contributed by atoms with Crippen LogP contribution < -0.4 is 0 Å². The predicted molar refractivity (Wildman–Crippen MR) is 51.1 cm³/mol. The Labute approximate surface area is 82.6 Å².